The molecule has 0 fully saturated rings. The lowest BCUT2D eigenvalue weighted by Gasteiger charge is -2.11. The number of primary amides is 1. The number of hydrogen-bond acceptors (Lipinski definition) is 4. The van der Waals surface area contributed by atoms with Crippen LogP contribution >= 0.6 is 0 Å². The highest BCUT2D eigenvalue weighted by atomic mass is 16.5. The van der Waals surface area contributed by atoms with E-state index in [1.807, 2.05) is 42.5 Å². The maximum absolute atomic E-state index is 10.5. The molecular formula is C14H16N2O4. The number of rotatable bonds is 6. The Hall–Kier alpha value is -2.31. The second-order valence-electron chi connectivity index (χ2n) is 4.15. The van der Waals surface area contributed by atoms with Crippen LogP contribution in [0.15, 0.2) is 46.9 Å². The summed E-state index contributed by atoms with van der Waals surface area (Å²) in [5.41, 5.74) is 5.85. The molecule has 0 atom stereocenters. The second kappa shape index (κ2) is 6.74. The van der Waals surface area contributed by atoms with Gasteiger partial charge < -0.3 is 14.9 Å². The van der Waals surface area contributed by atoms with Gasteiger partial charge in [-0.1, -0.05) is 30.3 Å². The Morgan fingerprint density at radius 1 is 1.25 bits per heavy atom. The highest BCUT2D eigenvalue weighted by Crippen LogP contribution is 2.21. The van der Waals surface area contributed by atoms with E-state index in [2.05, 4.69) is 0 Å². The van der Waals surface area contributed by atoms with E-state index in [0.717, 1.165) is 11.3 Å². The number of urea groups is 1. The van der Waals surface area contributed by atoms with E-state index in [-0.39, 0.29) is 19.8 Å². The van der Waals surface area contributed by atoms with E-state index < -0.39 is 6.03 Å². The van der Waals surface area contributed by atoms with Crippen molar-refractivity contribution in [1.82, 2.24) is 5.06 Å². The van der Waals surface area contributed by atoms with Gasteiger partial charge in [-0.15, -0.1) is 0 Å². The number of furan rings is 1. The lowest BCUT2D eigenvalue weighted by molar-refractivity contribution is -0.0589. The summed E-state index contributed by atoms with van der Waals surface area (Å²) in [6.45, 7) is 0.446. The zero-order valence-electron chi connectivity index (χ0n) is 10.9. The molecule has 2 amide bonds. The molecule has 0 bridgehead atoms. The SMILES string of the molecule is NC(=O)N(O)CCOCc1ccc(-c2ccccc2)o1. The molecule has 1 heterocycles. The van der Waals surface area contributed by atoms with Gasteiger partial charge in [-0.25, -0.2) is 9.86 Å². The minimum absolute atomic E-state index is 0.0155. The highest BCUT2D eigenvalue weighted by molar-refractivity contribution is 5.70. The van der Waals surface area contributed by atoms with Crippen molar-refractivity contribution in [2.24, 2.45) is 5.73 Å². The van der Waals surface area contributed by atoms with Gasteiger partial charge in [0.25, 0.3) is 0 Å². The summed E-state index contributed by atoms with van der Waals surface area (Å²) in [6.07, 6.45) is 0. The van der Waals surface area contributed by atoms with Gasteiger partial charge in [-0.2, -0.15) is 0 Å². The number of carbonyl (C=O) groups is 1. The predicted molar refractivity (Wildman–Crippen MR) is 71.9 cm³/mol. The van der Waals surface area contributed by atoms with Crippen molar-refractivity contribution in [2.45, 2.75) is 6.61 Å². The van der Waals surface area contributed by atoms with Crippen LogP contribution in [0.4, 0.5) is 4.79 Å². The molecule has 20 heavy (non-hydrogen) atoms. The van der Waals surface area contributed by atoms with Crippen LogP contribution in [-0.2, 0) is 11.3 Å². The number of ether oxygens (including phenoxy) is 1. The normalized spacial score (nSPS) is 10.4. The Balaban J connectivity index is 1.81. The molecule has 0 aliphatic carbocycles. The van der Waals surface area contributed by atoms with Crippen LogP contribution in [-0.4, -0.2) is 29.5 Å². The van der Waals surface area contributed by atoms with Gasteiger partial charge in [0.05, 0.1) is 13.2 Å². The summed E-state index contributed by atoms with van der Waals surface area (Å²) >= 11 is 0. The van der Waals surface area contributed by atoms with Crippen molar-refractivity contribution < 1.29 is 19.2 Å². The molecule has 106 valence electrons. The van der Waals surface area contributed by atoms with Crippen LogP contribution in [0.3, 0.4) is 0 Å². The third-order valence-electron chi connectivity index (χ3n) is 2.67. The predicted octanol–water partition coefficient (Wildman–Crippen LogP) is 2.23. The average Bonchev–Trinajstić information content (AvgIpc) is 2.93. The minimum atomic E-state index is -0.905. The molecule has 3 N–H and O–H groups in total. The van der Waals surface area contributed by atoms with Crippen LogP contribution in [0.1, 0.15) is 5.76 Å². The van der Waals surface area contributed by atoms with E-state index in [0.29, 0.717) is 10.8 Å². The summed E-state index contributed by atoms with van der Waals surface area (Å²) in [7, 11) is 0. The Kier molecular flexibility index (Phi) is 4.75. The molecular weight excluding hydrogens is 260 g/mol. The number of hydrogen-bond donors (Lipinski definition) is 2. The molecule has 0 unspecified atom stereocenters. The average molecular weight is 276 g/mol. The Labute approximate surface area is 116 Å². The molecule has 6 nitrogen and oxygen atoms in total. The van der Waals surface area contributed by atoms with Crippen molar-refractivity contribution in [3.8, 4) is 11.3 Å². The van der Waals surface area contributed by atoms with E-state index in [4.69, 9.17) is 20.1 Å². The fourth-order valence-corrected chi connectivity index (χ4v) is 1.65. The molecule has 0 saturated carbocycles. The fraction of sp³-hybridized carbons (Fsp3) is 0.214. The van der Waals surface area contributed by atoms with Crippen molar-refractivity contribution in [3.05, 3.63) is 48.2 Å². The smallest absolute Gasteiger partial charge is 0.338 e. The molecule has 0 saturated heterocycles. The van der Waals surface area contributed by atoms with Gasteiger partial charge in [0, 0.05) is 5.56 Å². The van der Waals surface area contributed by atoms with Gasteiger partial charge in [0.2, 0.25) is 0 Å². The van der Waals surface area contributed by atoms with Gasteiger partial charge in [0.1, 0.15) is 18.1 Å². The standard InChI is InChI=1S/C14H16N2O4/c15-14(17)16(18)8-9-19-10-12-6-7-13(20-12)11-4-2-1-3-5-11/h1-7,18H,8-10H2,(H2,15,17). The molecule has 1 aromatic heterocycles. The first-order valence-corrected chi connectivity index (χ1v) is 6.14. The van der Waals surface area contributed by atoms with Crippen LogP contribution < -0.4 is 5.73 Å². The molecule has 2 rings (SSSR count). The first kappa shape index (κ1) is 14.1. The maximum Gasteiger partial charge on any atom is 0.338 e. The third kappa shape index (κ3) is 3.84. The molecule has 2 aromatic rings. The van der Waals surface area contributed by atoms with Crippen molar-refractivity contribution >= 4 is 6.03 Å². The first-order valence-electron chi connectivity index (χ1n) is 6.14. The van der Waals surface area contributed by atoms with Crippen LogP contribution in [0.25, 0.3) is 11.3 Å². The lowest BCUT2D eigenvalue weighted by Crippen LogP contribution is -2.35. The number of benzene rings is 1. The third-order valence-corrected chi connectivity index (χ3v) is 2.67. The highest BCUT2D eigenvalue weighted by Gasteiger charge is 2.06. The molecule has 0 aliphatic rings. The van der Waals surface area contributed by atoms with Crippen molar-refractivity contribution in [2.75, 3.05) is 13.2 Å². The molecule has 0 radical (unpaired) electrons. The topological polar surface area (TPSA) is 88.9 Å². The van der Waals surface area contributed by atoms with Gasteiger partial charge in [-0.05, 0) is 12.1 Å². The van der Waals surface area contributed by atoms with Gasteiger partial charge in [0.15, 0.2) is 0 Å². The van der Waals surface area contributed by atoms with Gasteiger partial charge in [-0.3, -0.25) is 5.21 Å². The summed E-state index contributed by atoms with van der Waals surface area (Å²) < 4.78 is 10.9. The number of hydroxylamine groups is 2. The number of nitrogens with two attached hydrogens (primary N) is 1. The van der Waals surface area contributed by atoms with E-state index in [9.17, 15) is 4.79 Å². The zero-order valence-corrected chi connectivity index (χ0v) is 10.9. The monoisotopic (exact) mass is 276 g/mol. The second-order valence-corrected chi connectivity index (χ2v) is 4.15. The molecule has 6 heteroatoms. The Morgan fingerprint density at radius 2 is 2.00 bits per heavy atom. The minimum Gasteiger partial charge on any atom is -0.459 e. The summed E-state index contributed by atoms with van der Waals surface area (Å²) in [4.78, 5) is 10.5. The van der Waals surface area contributed by atoms with Crippen LogP contribution in [0.5, 0.6) is 0 Å². The Morgan fingerprint density at radius 3 is 2.70 bits per heavy atom. The van der Waals surface area contributed by atoms with E-state index in [1.165, 1.54) is 0 Å². The maximum atomic E-state index is 10.5. The zero-order chi connectivity index (χ0) is 14.4. The molecule has 1 aromatic carbocycles. The Bertz CT molecular complexity index is 553. The van der Waals surface area contributed by atoms with E-state index in [1.54, 1.807) is 0 Å². The summed E-state index contributed by atoms with van der Waals surface area (Å²) in [6, 6.07) is 12.5. The lowest BCUT2D eigenvalue weighted by atomic mass is 10.2. The number of nitrogens with zero attached hydrogens (tertiary/aromatic N) is 1. The van der Waals surface area contributed by atoms with Gasteiger partial charge >= 0.3 is 6.03 Å². The first-order chi connectivity index (χ1) is 9.66. The summed E-state index contributed by atoms with van der Waals surface area (Å²) in [5.74, 6) is 1.44. The number of amides is 2. The van der Waals surface area contributed by atoms with Crippen molar-refractivity contribution in [1.29, 1.82) is 0 Å². The van der Waals surface area contributed by atoms with E-state index >= 15 is 0 Å². The molecule has 0 aliphatic heterocycles. The van der Waals surface area contributed by atoms with Crippen LogP contribution in [0.2, 0.25) is 0 Å². The van der Waals surface area contributed by atoms with Crippen molar-refractivity contribution in [3.63, 3.8) is 0 Å². The van der Waals surface area contributed by atoms with Crippen LogP contribution in [0, 0.1) is 0 Å². The quantitative estimate of drug-likeness (QED) is 0.481. The number of carbonyl (C=O) groups excluding carboxylic acids is 1. The summed E-state index contributed by atoms with van der Waals surface area (Å²) in [5, 5.41) is 9.43. The molecule has 0 spiro atoms. The largest absolute Gasteiger partial charge is 0.459 e. The fourth-order valence-electron chi connectivity index (χ4n) is 1.65.